The quantitative estimate of drug-likeness (QED) is 0.771. The third kappa shape index (κ3) is 2.53. The Bertz CT molecular complexity index is 719. The molecule has 0 fully saturated rings. The molecule has 7 nitrogen and oxygen atoms in total. The fourth-order valence-electron chi connectivity index (χ4n) is 1.46. The van der Waals surface area contributed by atoms with Crippen LogP contribution in [0.1, 0.15) is 10.5 Å². The topological polar surface area (TPSA) is 92.8 Å². The number of thiazole rings is 1. The van der Waals surface area contributed by atoms with Crippen LogP contribution >= 0.6 is 22.7 Å². The first-order chi connectivity index (χ1) is 9.76. The number of hydrogen-bond acceptors (Lipinski definition) is 7. The molecule has 2 N–H and O–H groups in total. The van der Waals surface area contributed by atoms with E-state index in [0.29, 0.717) is 5.69 Å². The molecule has 0 spiro atoms. The Morgan fingerprint density at radius 3 is 3.00 bits per heavy atom. The minimum Gasteiger partial charge on any atom is -0.466 e. The van der Waals surface area contributed by atoms with E-state index in [1.54, 1.807) is 16.7 Å². The molecule has 0 saturated heterocycles. The Balaban J connectivity index is 1.74. The number of amides is 1. The molecule has 0 radical (unpaired) electrons. The number of nitrogens with one attached hydrogen (secondary N) is 2. The van der Waals surface area contributed by atoms with Gasteiger partial charge in [0, 0.05) is 5.38 Å². The average Bonchev–Trinajstić information content (AvgIpc) is 3.19. The third-order valence-corrected chi connectivity index (χ3v) is 4.23. The lowest BCUT2D eigenvalue weighted by Gasteiger charge is -1.96. The molecule has 102 valence electrons. The molecule has 3 aromatic heterocycles. The Morgan fingerprint density at radius 2 is 2.30 bits per heavy atom. The molecule has 9 heteroatoms. The number of thiophene rings is 1. The van der Waals surface area contributed by atoms with Crippen molar-refractivity contribution in [2.75, 3.05) is 12.4 Å². The molecule has 0 aliphatic rings. The Morgan fingerprint density at radius 1 is 1.40 bits per heavy atom. The SMILES string of the molecule is COc1n[nH]c(NC(=O)c2csc(-c3cccs3)n2)n1. The molecular weight excluding hydrogens is 298 g/mol. The maximum Gasteiger partial charge on any atom is 0.336 e. The van der Waals surface area contributed by atoms with Gasteiger partial charge in [0.1, 0.15) is 10.7 Å². The number of carbonyl (C=O) groups excluding carboxylic acids is 1. The van der Waals surface area contributed by atoms with Gasteiger partial charge in [-0.15, -0.1) is 27.8 Å². The molecule has 0 aliphatic heterocycles. The highest BCUT2D eigenvalue weighted by atomic mass is 32.1. The summed E-state index contributed by atoms with van der Waals surface area (Å²) in [5.74, 6) is -0.125. The number of hydrogen-bond donors (Lipinski definition) is 2. The van der Waals surface area contributed by atoms with E-state index in [0.717, 1.165) is 9.88 Å². The van der Waals surface area contributed by atoms with E-state index in [9.17, 15) is 4.79 Å². The number of nitrogens with zero attached hydrogens (tertiary/aromatic N) is 3. The summed E-state index contributed by atoms with van der Waals surface area (Å²) in [5, 5.41) is 13.4. The van der Waals surface area contributed by atoms with E-state index >= 15 is 0 Å². The second-order valence-corrected chi connectivity index (χ2v) is 5.45. The molecule has 3 aromatic rings. The Kier molecular flexibility index (Phi) is 3.44. The van der Waals surface area contributed by atoms with Crippen molar-refractivity contribution in [1.29, 1.82) is 0 Å². The first-order valence-electron chi connectivity index (χ1n) is 5.53. The van der Waals surface area contributed by atoms with Crippen LogP contribution in [0.15, 0.2) is 22.9 Å². The van der Waals surface area contributed by atoms with Gasteiger partial charge in [-0.2, -0.15) is 4.98 Å². The molecule has 0 saturated carbocycles. The Hall–Kier alpha value is -2.26. The summed E-state index contributed by atoms with van der Waals surface area (Å²) in [6.07, 6.45) is 0. The van der Waals surface area contributed by atoms with Gasteiger partial charge in [-0.05, 0) is 11.4 Å². The average molecular weight is 307 g/mol. The van der Waals surface area contributed by atoms with Gasteiger partial charge < -0.3 is 4.74 Å². The number of carbonyl (C=O) groups is 1. The molecule has 3 heterocycles. The summed E-state index contributed by atoms with van der Waals surface area (Å²) in [4.78, 5) is 21.2. The number of aromatic nitrogens is 4. The first-order valence-corrected chi connectivity index (χ1v) is 7.29. The van der Waals surface area contributed by atoms with Crippen LogP contribution in [-0.2, 0) is 0 Å². The van der Waals surface area contributed by atoms with Gasteiger partial charge in [0.25, 0.3) is 5.91 Å². The second-order valence-electron chi connectivity index (χ2n) is 3.64. The van der Waals surface area contributed by atoms with Crippen LogP contribution in [0.5, 0.6) is 6.01 Å². The zero-order valence-corrected chi connectivity index (χ0v) is 11.9. The molecule has 0 atom stereocenters. The lowest BCUT2D eigenvalue weighted by atomic mass is 10.4. The van der Waals surface area contributed by atoms with Crippen molar-refractivity contribution in [1.82, 2.24) is 20.2 Å². The van der Waals surface area contributed by atoms with Gasteiger partial charge in [-0.3, -0.25) is 10.1 Å². The lowest BCUT2D eigenvalue weighted by Crippen LogP contribution is -2.13. The normalized spacial score (nSPS) is 10.4. The van der Waals surface area contributed by atoms with E-state index in [2.05, 4.69) is 25.5 Å². The van der Waals surface area contributed by atoms with Gasteiger partial charge in [-0.25, -0.2) is 10.1 Å². The zero-order valence-electron chi connectivity index (χ0n) is 10.3. The number of methoxy groups -OCH3 is 1. The zero-order chi connectivity index (χ0) is 13.9. The van der Waals surface area contributed by atoms with Crippen LogP contribution in [0.25, 0.3) is 9.88 Å². The predicted octanol–water partition coefficient (Wildman–Crippen LogP) is 2.25. The summed E-state index contributed by atoms with van der Waals surface area (Å²) in [6, 6.07) is 4.08. The molecular formula is C11H9N5O2S2. The summed E-state index contributed by atoms with van der Waals surface area (Å²) >= 11 is 3.01. The number of aromatic amines is 1. The van der Waals surface area contributed by atoms with Crippen LogP contribution in [-0.4, -0.2) is 33.2 Å². The fourth-order valence-corrected chi connectivity index (χ4v) is 3.07. The minimum atomic E-state index is -0.345. The molecule has 3 rings (SSSR count). The number of H-pyrrole nitrogens is 1. The third-order valence-electron chi connectivity index (χ3n) is 2.35. The second kappa shape index (κ2) is 5.39. The van der Waals surface area contributed by atoms with Gasteiger partial charge in [0.2, 0.25) is 5.95 Å². The van der Waals surface area contributed by atoms with Gasteiger partial charge >= 0.3 is 6.01 Å². The van der Waals surface area contributed by atoms with E-state index < -0.39 is 0 Å². The molecule has 0 bridgehead atoms. The molecule has 20 heavy (non-hydrogen) atoms. The maximum absolute atomic E-state index is 12.0. The number of anilines is 1. The van der Waals surface area contributed by atoms with E-state index in [1.807, 2.05) is 17.5 Å². The summed E-state index contributed by atoms with van der Waals surface area (Å²) in [5.41, 5.74) is 0.341. The van der Waals surface area contributed by atoms with Gasteiger partial charge in [0.05, 0.1) is 12.0 Å². The van der Waals surface area contributed by atoms with E-state index in [-0.39, 0.29) is 17.9 Å². The largest absolute Gasteiger partial charge is 0.466 e. The van der Waals surface area contributed by atoms with Crippen molar-refractivity contribution in [3.8, 4) is 15.9 Å². The van der Waals surface area contributed by atoms with Crippen molar-refractivity contribution in [3.05, 3.63) is 28.6 Å². The summed E-state index contributed by atoms with van der Waals surface area (Å²) in [6.45, 7) is 0. The number of ether oxygens (including phenoxy) is 1. The van der Waals surface area contributed by atoms with Crippen LogP contribution in [0.3, 0.4) is 0 Å². The smallest absolute Gasteiger partial charge is 0.336 e. The Labute approximate surface area is 121 Å². The number of rotatable bonds is 4. The van der Waals surface area contributed by atoms with Gasteiger partial charge in [0.15, 0.2) is 0 Å². The highest BCUT2D eigenvalue weighted by molar-refractivity contribution is 7.20. The van der Waals surface area contributed by atoms with Gasteiger partial charge in [-0.1, -0.05) is 6.07 Å². The first kappa shape index (κ1) is 12.8. The van der Waals surface area contributed by atoms with Crippen molar-refractivity contribution >= 4 is 34.5 Å². The highest BCUT2D eigenvalue weighted by Gasteiger charge is 2.14. The summed E-state index contributed by atoms with van der Waals surface area (Å²) < 4.78 is 4.82. The van der Waals surface area contributed by atoms with E-state index in [4.69, 9.17) is 4.74 Å². The van der Waals surface area contributed by atoms with Crippen molar-refractivity contribution in [2.45, 2.75) is 0 Å². The monoisotopic (exact) mass is 307 g/mol. The highest BCUT2D eigenvalue weighted by Crippen LogP contribution is 2.27. The van der Waals surface area contributed by atoms with Crippen molar-refractivity contribution in [3.63, 3.8) is 0 Å². The van der Waals surface area contributed by atoms with E-state index in [1.165, 1.54) is 18.4 Å². The van der Waals surface area contributed by atoms with Crippen LogP contribution < -0.4 is 10.1 Å². The van der Waals surface area contributed by atoms with Crippen LogP contribution in [0.4, 0.5) is 5.95 Å². The maximum atomic E-state index is 12.0. The van der Waals surface area contributed by atoms with Crippen LogP contribution in [0, 0.1) is 0 Å². The lowest BCUT2D eigenvalue weighted by molar-refractivity contribution is 0.102. The van der Waals surface area contributed by atoms with Crippen LogP contribution in [0.2, 0.25) is 0 Å². The van der Waals surface area contributed by atoms with Crippen molar-refractivity contribution in [2.24, 2.45) is 0 Å². The van der Waals surface area contributed by atoms with Crippen molar-refractivity contribution < 1.29 is 9.53 Å². The fraction of sp³-hybridized carbons (Fsp3) is 0.0909. The minimum absolute atomic E-state index is 0.165. The summed E-state index contributed by atoms with van der Waals surface area (Å²) in [7, 11) is 1.45. The molecule has 0 aromatic carbocycles. The molecule has 1 amide bonds. The molecule has 0 aliphatic carbocycles. The standard InChI is InChI=1S/C11H9N5O2S2/c1-18-11-14-10(15-16-11)13-8(17)6-5-20-9(12-6)7-3-2-4-19-7/h2-5H,1H3,(H2,13,14,15,16,17). The molecule has 0 unspecified atom stereocenters. The predicted molar refractivity (Wildman–Crippen MR) is 76.3 cm³/mol.